The number of rotatable bonds is 3. The summed E-state index contributed by atoms with van der Waals surface area (Å²) in [6.07, 6.45) is 2.60. The van der Waals surface area contributed by atoms with Crippen LogP contribution < -0.4 is 0 Å². The molecule has 0 aromatic rings. The van der Waals surface area contributed by atoms with E-state index in [1.54, 1.807) is 26.8 Å². The van der Waals surface area contributed by atoms with Gasteiger partial charge in [-0.25, -0.2) is 4.79 Å². The molecule has 0 saturated carbocycles. The average Bonchev–Trinajstić information content (AvgIpc) is 3.03. The number of carbonyl (C=O) groups excluding carboxylic acids is 3. The van der Waals surface area contributed by atoms with Gasteiger partial charge in [0.2, 0.25) is 5.78 Å². The van der Waals surface area contributed by atoms with E-state index in [9.17, 15) is 14.4 Å². The van der Waals surface area contributed by atoms with E-state index in [-0.39, 0.29) is 29.7 Å². The van der Waals surface area contributed by atoms with Gasteiger partial charge in [-0.05, 0) is 31.9 Å². The van der Waals surface area contributed by atoms with Crippen LogP contribution in [0, 0.1) is 11.8 Å². The second kappa shape index (κ2) is 6.41. The van der Waals surface area contributed by atoms with Crippen LogP contribution in [0.25, 0.3) is 0 Å². The molecule has 0 amide bonds. The Bertz CT molecular complexity index is 745. The van der Waals surface area contributed by atoms with Crippen LogP contribution in [0.15, 0.2) is 35.6 Å². The van der Waals surface area contributed by atoms with Gasteiger partial charge in [-0.1, -0.05) is 20.4 Å². The SMILES string of the molecule is C=C1C(=O)O[C@H]2C=C(C)C3=CC(=O)[C@](C)(C[C@@H](OC(=O)[C@H](C)CC)[C@@H]12)O3. The summed E-state index contributed by atoms with van der Waals surface area (Å²) < 4.78 is 17.1. The second-order valence-corrected chi connectivity index (χ2v) is 7.47. The lowest BCUT2D eigenvalue weighted by Crippen LogP contribution is -2.43. The quantitative estimate of drug-likeness (QED) is 0.569. The molecule has 3 aliphatic heterocycles. The molecule has 0 N–H and O–H groups in total. The van der Waals surface area contributed by atoms with Crippen molar-refractivity contribution in [3.63, 3.8) is 0 Å². The summed E-state index contributed by atoms with van der Waals surface area (Å²) in [4.78, 5) is 37.0. The third-order valence-electron chi connectivity index (χ3n) is 5.46. The summed E-state index contributed by atoms with van der Waals surface area (Å²) in [5.41, 5.74) is -0.191. The summed E-state index contributed by atoms with van der Waals surface area (Å²) in [6, 6.07) is 0. The first kappa shape index (κ1) is 18.4. The molecule has 0 radical (unpaired) electrons. The normalized spacial score (nSPS) is 34.5. The van der Waals surface area contributed by atoms with Gasteiger partial charge in [0.15, 0.2) is 5.60 Å². The van der Waals surface area contributed by atoms with E-state index in [1.807, 2.05) is 6.92 Å². The smallest absolute Gasteiger partial charge is 0.334 e. The van der Waals surface area contributed by atoms with E-state index in [0.717, 1.165) is 0 Å². The minimum atomic E-state index is -1.15. The first-order valence-electron chi connectivity index (χ1n) is 8.90. The maximum absolute atomic E-state index is 12.5. The molecule has 3 rings (SSSR count). The lowest BCUT2D eigenvalue weighted by Gasteiger charge is -2.32. The second-order valence-electron chi connectivity index (χ2n) is 7.47. The first-order chi connectivity index (χ1) is 12.2. The van der Waals surface area contributed by atoms with Gasteiger partial charge in [0, 0.05) is 18.1 Å². The van der Waals surface area contributed by atoms with Crippen molar-refractivity contribution in [3.8, 4) is 0 Å². The van der Waals surface area contributed by atoms with Crippen molar-refractivity contribution in [2.24, 2.45) is 11.8 Å². The molecule has 3 heterocycles. The van der Waals surface area contributed by atoms with Crippen molar-refractivity contribution in [1.82, 2.24) is 0 Å². The lowest BCUT2D eigenvalue weighted by molar-refractivity contribution is -0.161. The molecule has 0 spiro atoms. The van der Waals surface area contributed by atoms with E-state index in [0.29, 0.717) is 17.8 Å². The van der Waals surface area contributed by atoms with Crippen LogP contribution in [0.1, 0.15) is 40.5 Å². The molecule has 5 atom stereocenters. The predicted octanol–water partition coefficient (Wildman–Crippen LogP) is 2.63. The summed E-state index contributed by atoms with van der Waals surface area (Å²) in [7, 11) is 0. The van der Waals surface area contributed by atoms with Gasteiger partial charge in [-0.15, -0.1) is 0 Å². The fourth-order valence-corrected chi connectivity index (χ4v) is 3.50. The summed E-state index contributed by atoms with van der Waals surface area (Å²) in [6.45, 7) is 11.0. The van der Waals surface area contributed by atoms with Crippen molar-refractivity contribution in [2.75, 3.05) is 0 Å². The maximum Gasteiger partial charge on any atom is 0.334 e. The lowest BCUT2D eigenvalue weighted by atomic mass is 9.82. The summed E-state index contributed by atoms with van der Waals surface area (Å²) in [5, 5.41) is 0. The monoisotopic (exact) mass is 360 g/mol. The zero-order chi connectivity index (χ0) is 19.2. The highest BCUT2D eigenvalue weighted by Gasteiger charge is 2.51. The zero-order valence-electron chi connectivity index (χ0n) is 15.5. The third kappa shape index (κ3) is 2.97. The van der Waals surface area contributed by atoms with Gasteiger partial charge in [0.1, 0.15) is 18.0 Å². The zero-order valence-corrected chi connectivity index (χ0v) is 15.5. The number of esters is 2. The van der Waals surface area contributed by atoms with Crippen LogP contribution >= 0.6 is 0 Å². The minimum absolute atomic E-state index is 0.131. The van der Waals surface area contributed by atoms with E-state index in [1.165, 1.54) is 6.08 Å². The molecule has 0 aromatic heterocycles. The fraction of sp³-hybridized carbons (Fsp3) is 0.550. The minimum Gasteiger partial charge on any atom is -0.479 e. The van der Waals surface area contributed by atoms with Crippen molar-refractivity contribution >= 4 is 17.7 Å². The molecule has 3 aliphatic rings. The van der Waals surface area contributed by atoms with Crippen LogP contribution in [0.5, 0.6) is 0 Å². The Kier molecular flexibility index (Phi) is 4.54. The molecule has 1 fully saturated rings. The van der Waals surface area contributed by atoms with Crippen LogP contribution in [0.3, 0.4) is 0 Å². The standard InChI is InChI=1S/C20H24O6/c1-6-10(2)18(22)25-15-9-20(5)16(21)8-13(26-20)11(3)7-14-17(15)12(4)19(23)24-14/h7-8,10,14-15,17H,4,6,9H2,1-3,5H3/t10-,14+,15-,17+,20+/m1/s1. The average molecular weight is 360 g/mol. The van der Waals surface area contributed by atoms with E-state index in [4.69, 9.17) is 14.2 Å². The summed E-state index contributed by atoms with van der Waals surface area (Å²) >= 11 is 0. The number of ether oxygens (including phenoxy) is 3. The maximum atomic E-state index is 12.5. The Morgan fingerprint density at radius 1 is 1.46 bits per heavy atom. The van der Waals surface area contributed by atoms with Crippen molar-refractivity contribution < 1.29 is 28.6 Å². The Hall–Kier alpha value is -2.37. The van der Waals surface area contributed by atoms with Crippen LogP contribution in [-0.2, 0) is 28.6 Å². The van der Waals surface area contributed by atoms with Crippen LogP contribution in [0.2, 0.25) is 0 Å². The highest BCUT2D eigenvalue weighted by atomic mass is 16.6. The van der Waals surface area contributed by atoms with Gasteiger partial charge < -0.3 is 14.2 Å². The van der Waals surface area contributed by atoms with E-state index >= 15 is 0 Å². The number of hydrogen-bond donors (Lipinski definition) is 0. The molecule has 0 aromatic carbocycles. The Balaban J connectivity index is 2.03. The van der Waals surface area contributed by atoms with Crippen molar-refractivity contribution in [2.45, 2.75) is 58.3 Å². The van der Waals surface area contributed by atoms with Crippen molar-refractivity contribution in [3.05, 3.63) is 35.6 Å². The number of hydrogen-bond acceptors (Lipinski definition) is 6. The van der Waals surface area contributed by atoms with E-state index < -0.39 is 29.7 Å². The third-order valence-corrected chi connectivity index (χ3v) is 5.46. The number of fused-ring (bicyclic) bond motifs is 3. The van der Waals surface area contributed by atoms with Gasteiger partial charge in [0.05, 0.1) is 11.8 Å². The van der Waals surface area contributed by atoms with Crippen LogP contribution in [0.4, 0.5) is 0 Å². The largest absolute Gasteiger partial charge is 0.479 e. The number of carbonyl (C=O) groups is 3. The van der Waals surface area contributed by atoms with Gasteiger partial charge in [-0.3, -0.25) is 9.59 Å². The highest BCUT2D eigenvalue weighted by Crippen LogP contribution is 2.42. The van der Waals surface area contributed by atoms with Crippen molar-refractivity contribution in [1.29, 1.82) is 0 Å². The molecule has 6 heteroatoms. The fourth-order valence-electron chi connectivity index (χ4n) is 3.50. The molecule has 26 heavy (non-hydrogen) atoms. The van der Waals surface area contributed by atoms with E-state index in [2.05, 4.69) is 6.58 Å². The molecular weight excluding hydrogens is 336 g/mol. The molecular formula is C20H24O6. The van der Waals surface area contributed by atoms with Gasteiger partial charge >= 0.3 is 11.9 Å². The Morgan fingerprint density at radius 3 is 2.81 bits per heavy atom. The number of allylic oxidation sites excluding steroid dienone is 1. The van der Waals surface area contributed by atoms with Gasteiger partial charge in [-0.2, -0.15) is 0 Å². The predicted molar refractivity (Wildman–Crippen MR) is 92.8 cm³/mol. The topological polar surface area (TPSA) is 78.9 Å². The molecule has 2 bridgehead atoms. The molecule has 140 valence electrons. The molecule has 1 saturated heterocycles. The highest BCUT2D eigenvalue weighted by molar-refractivity contribution is 6.00. The molecule has 0 unspecified atom stereocenters. The Morgan fingerprint density at radius 2 is 2.15 bits per heavy atom. The Labute approximate surface area is 152 Å². The summed E-state index contributed by atoms with van der Waals surface area (Å²) in [5.74, 6) is -1.43. The molecule has 0 aliphatic carbocycles. The first-order valence-corrected chi connectivity index (χ1v) is 8.90. The van der Waals surface area contributed by atoms with Crippen LogP contribution in [-0.4, -0.2) is 35.5 Å². The van der Waals surface area contributed by atoms with Gasteiger partial charge in [0.25, 0.3) is 0 Å². The molecule has 6 nitrogen and oxygen atoms in total. The number of ketones is 1.